The molecular weight excluding hydrogens is 276 g/mol. The van der Waals surface area contributed by atoms with Gasteiger partial charge < -0.3 is 10.6 Å². The maximum absolute atomic E-state index is 12.5. The van der Waals surface area contributed by atoms with Gasteiger partial charge in [0.05, 0.1) is 0 Å². The molecule has 0 aromatic heterocycles. The average molecular weight is 302 g/mol. The van der Waals surface area contributed by atoms with Crippen LogP contribution in [0.25, 0.3) is 0 Å². The van der Waals surface area contributed by atoms with Crippen LogP contribution in [0.1, 0.15) is 25.7 Å². The molecule has 0 saturated carbocycles. The first kappa shape index (κ1) is 14.7. The largest absolute Gasteiger partial charge is 0.330 e. The van der Waals surface area contributed by atoms with Crippen LogP contribution >= 0.6 is 0 Å². The van der Waals surface area contributed by atoms with E-state index in [-0.39, 0.29) is 6.04 Å². The summed E-state index contributed by atoms with van der Waals surface area (Å²) in [7, 11) is -3.35. The Morgan fingerprint density at radius 2 is 1.85 bits per heavy atom. The molecule has 6 nitrogen and oxygen atoms in total. The quantitative estimate of drug-likeness (QED) is 0.740. The van der Waals surface area contributed by atoms with E-state index in [1.165, 1.54) is 0 Å². The molecule has 0 radical (unpaired) electrons. The summed E-state index contributed by atoms with van der Waals surface area (Å²) in [6, 6.07) is 0.0979. The summed E-state index contributed by atoms with van der Waals surface area (Å²) < 4.78 is 29.7. The second kappa shape index (κ2) is 5.88. The molecule has 3 N–H and O–H groups in total. The normalized spacial score (nSPS) is 39.0. The number of nitrogens with two attached hydrogens (primary N) is 1. The fraction of sp³-hybridized carbons (Fsp3) is 1.00. The van der Waals surface area contributed by atoms with E-state index >= 15 is 0 Å². The van der Waals surface area contributed by atoms with Crippen molar-refractivity contribution in [2.24, 2.45) is 17.6 Å². The van der Waals surface area contributed by atoms with Crippen LogP contribution in [-0.2, 0) is 10.2 Å². The molecule has 0 aromatic rings. The predicted molar refractivity (Wildman–Crippen MR) is 78.4 cm³/mol. The van der Waals surface area contributed by atoms with Crippen molar-refractivity contribution in [3.05, 3.63) is 0 Å². The van der Waals surface area contributed by atoms with E-state index in [1.807, 2.05) is 0 Å². The van der Waals surface area contributed by atoms with Gasteiger partial charge in [0.25, 0.3) is 10.2 Å². The van der Waals surface area contributed by atoms with Crippen molar-refractivity contribution < 1.29 is 8.42 Å². The molecule has 4 heterocycles. The van der Waals surface area contributed by atoms with Gasteiger partial charge in [-0.2, -0.15) is 17.4 Å². The van der Waals surface area contributed by atoms with Crippen molar-refractivity contribution in [3.63, 3.8) is 0 Å². The molecule has 4 aliphatic heterocycles. The fourth-order valence-electron chi connectivity index (χ4n) is 3.80. The minimum Gasteiger partial charge on any atom is -0.330 e. The van der Waals surface area contributed by atoms with Crippen molar-refractivity contribution in [1.82, 2.24) is 13.9 Å². The number of hydrogen-bond acceptors (Lipinski definition) is 4. The minimum atomic E-state index is -3.35. The lowest BCUT2D eigenvalue weighted by molar-refractivity contribution is 0.0815. The number of piperidine rings is 4. The average Bonchev–Trinajstić information content (AvgIpc) is 2.48. The Hall–Kier alpha value is -0.210. The van der Waals surface area contributed by atoms with Gasteiger partial charge in [0, 0.05) is 25.7 Å². The SMILES string of the molecule is NCC1CCCN(S(=O)(=O)NC2CN3CCC2CC3)C1. The van der Waals surface area contributed by atoms with Crippen molar-refractivity contribution in [2.45, 2.75) is 31.7 Å². The van der Waals surface area contributed by atoms with Crippen molar-refractivity contribution in [2.75, 3.05) is 39.3 Å². The lowest BCUT2D eigenvalue weighted by atomic mass is 9.85. The molecule has 0 aliphatic carbocycles. The third-order valence-electron chi connectivity index (χ3n) is 5.11. The highest BCUT2D eigenvalue weighted by Gasteiger charge is 2.38. The molecule has 4 rings (SSSR count). The van der Waals surface area contributed by atoms with E-state index in [1.54, 1.807) is 4.31 Å². The summed E-state index contributed by atoms with van der Waals surface area (Å²) in [5.41, 5.74) is 5.69. The van der Waals surface area contributed by atoms with E-state index < -0.39 is 10.2 Å². The van der Waals surface area contributed by atoms with Crippen molar-refractivity contribution in [1.29, 1.82) is 0 Å². The van der Waals surface area contributed by atoms with Crippen LogP contribution in [-0.4, -0.2) is 62.9 Å². The number of hydrogen-bond donors (Lipinski definition) is 2. The van der Waals surface area contributed by atoms with Crippen LogP contribution in [0.5, 0.6) is 0 Å². The first-order valence-electron chi connectivity index (χ1n) is 7.78. The van der Waals surface area contributed by atoms with Crippen LogP contribution in [0.3, 0.4) is 0 Å². The molecule has 4 fully saturated rings. The van der Waals surface area contributed by atoms with Gasteiger partial charge in [-0.15, -0.1) is 0 Å². The Morgan fingerprint density at radius 1 is 1.10 bits per heavy atom. The van der Waals surface area contributed by atoms with Gasteiger partial charge in [-0.25, -0.2) is 0 Å². The lowest BCUT2D eigenvalue weighted by Crippen LogP contribution is -2.59. The monoisotopic (exact) mass is 302 g/mol. The molecular formula is C13H26N4O2S. The van der Waals surface area contributed by atoms with Gasteiger partial charge in [0.15, 0.2) is 0 Å². The Kier molecular flexibility index (Phi) is 4.33. The van der Waals surface area contributed by atoms with Gasteiger partial charge in [-0.1, -0.05) is 0 Å². The molecule has 2 bridgehead atoms. The van der Waals surface area contributed by atoms with E-state index in [4.69, 9.17) is 5.73 Å². The first-order valence-corrected chi connectivity index (χ1v) is 9.22. The molecule has 2 unspecified atom stereocenters. The number of nitrogens with one attached hydrogen (secondary N) is 1. The molecule has 116 valence electrons. The zero-order chi connectivity index (χ0) is 14.2. The Balaban J connectivity index is 1.63. The molecule has 4 saturated heterocycles. The third kappa shape index (κ3) is 3.01. The molecule has 7 heteroatoms. The molecule has 2 atom stereocenters. The van der Waals surface area contributed by atoms with Gasteiger partial charge >= 0.3 is 0 Å². The molecule has 0 amide bonds. The Morgan fingerprint density at radius 3 is 2.45 bits per heavy atom. The number of nitrogens with zero attached hydrogens (tertiary/aromatic N) is 2. The summed E-state index contributed by atoms with van der Waals surface area (Å²) in [5.74, 6) is 0.830. The zero-order valence-corrected chi connectivity index (χ0v) is 12.8. The Labute approximate surface area is 121 Å². The van der Waals surface area contributed by atoms with E-state index in [9.17, 15) is 8.42 Å². The van der Waals surface area contributed by atoms with Crippen LogP contribution in [0.15, 0.2) is 0 Å². The number of rotatable bonds is 4. The third-order valence-corrected chi connectivity index (χ3v) is 6.72. The standard InChI is InChI=1S/C13H26N4O2S/c14-8-11-2-1-5-17(9-11)20(18,19)15-13-10-16-6-3-12(13)4-7-16/h11-13,15H,1-10,14H2. The highest BCUT2D eigenvalue weighted by atomic mass is 32.2. The predicted octanol–water partition coefficient (Wildman–Crippen LogP) is -0.414. The maximum Gasteiger partial charge on any atom is 0.279 e. The molecule has 0 spiro atoms. The molecule has 0 aromatic carbocycles. The van der Waals surface area contributed by atoms with Gasteiger partial charge in [-0.3, -0.25) is 0 Å². The van der Waals surface area contributed by atoms with Crippen molar-refractivity contribution in [3.8, 4) is 0 Å². The highest BCUT2D eigenvalue weighted by Crippen LogP contribution is 2.28. The topological polar surface area (TPSA) is 78.7 Å². The van der Waals surface area contributed by atoms with Crippen LogP contribution in [0, 0.1) is 11.8 Å². The van der Waals surface area contributed by atoms with E-state index in [0.29, 0.717) is 31.5 Å². The van der Waals surface area contributed by atoms with E-state index in [2.05, 4.69) is 9.62 Å². The summed E-state index contributed by atoms with van der Waals surface area (Å²) in [5, 5.41) is 0. The van der Waals surface area contributed by atoms with Gasteiger partial charge in [-0.05, 0) is 57.2 Å². The fourth-order valence-corrected chi connectivity index (χ4v) is 5.38. The zero-order valence-electron chi connectivity index (χ0n) is 12.0. The molecule has 20 heavy (non-hydrogen) atoms. The van der Waals surface area contributed by atoms with Gasteiger partial charge in [0.1, 0.15) is 0 Å². The summed E-state index contributed by atoms with van der Waals surface area (Å²) in [6.07, 6.45) is 4.21. The van der Waals surface area contributed by atoms with Crippen LogP contribution in [0.4, 0.5) is 0 Å². The lowest BCUT2D eigenvalue weighted by Gasteiger charge is -2.45. The van der Waals surface area contributed by atoms with Crippen LogP contribution < -0.4 is 10.5 Å². The summed E-state index contributed by atoms with van der Waals surface area (Å²) in [6.45, 7) is 4.91. The second-order valence-corrected chi connectivity index (χ2v) is 8.17. The first-order chi connectivity index (χ1) is 9.58. The van der Waals surface area contributed by atoms with Gasteiger partial charge in [0.2, 0.25) is 0 Å². The smallest absolute Gasteiger partial charge is 0.279 e. The Bertz CT molecular complexity index is 434. The second-order valence-electron chi connectivity index (χ2n) is 6.47. The van der Waals surface area contributed by atoms with Crippen LogP contribution in [0.2, 0.25) is 0 Å². The minimum absolute atomic E-state index is 0.0979. The summed E-state index contributed by atoms with van der Waals surface area (Å²) in [4.78, 5) is 2.37. The molecule has 4 aliphatic rings. The summed E-state index contributed by atoms with van der Waals surface area (Å²) >= 11 is 0. The maximum atomic E-state index is 12.5. The van der Waals surface area contributed by atoms with E-state index in [0.717, 1.165) is 45.3 Å². The number of fused-ring (bicyclic) bond motifs is 3. The van der Waals surface area contributed by atoms with Crippen molar-refractivity contribution >= 4 is 10.2 Å². The highest BCUT2D eigenvalue weighted by molar-refractivity contribution is 7.87.